The van der Waals surface area contributed by atoms with Crippen molar-refractivity contribution in [3.8, 4) is 5.69 Å². The molecule has 0 radical (unpaired) electrons. The van der Waals surface area contributed by atoms with Gasteiger partial charge >= 0.3 is 5.97 Å². The Bertz CT molecular complexity index is 783. The number of likely N-dealkylation sites (tertiary alicyclic amines) is 1. The zero-order valence-electron chi connectivity index (χ0n) is 13.9. The Labute approximate surface area is 140 Å². The second-order valence-electron chi connectivity index (χ2n) is 6.66. The molecule has 1 aliphatic heterocycles. The Morgan fingerprint density at radius 1 is 1.29 bits per heavy atom. The quantitative estimate of drug-likeness (QED) is 0.940. The van der Waals surface area contributed by atoms with Gasteiger partial charge in [0.1, 0.15) is 0 Å². The van der Waals surface area contributed by atoms with Crippen molar-refractivity contribution in [3.05, 3.63) is 47.8 Å². The van der Waals surface area contributed by atoms with Crippen molar-refractivity contribution in [3.63, 3.8) is 0 Å². The fourth-order valence-electron chi connectivity index (χ4n) is 3.16. The third kappa shape index (κ3) is 2.91. The van der Waals surface area contributed by atoms with Gasteiger partial charge in [-0.1, -0.05) is 18.2 Å². The molecule has 24 heavy (non-hydrogen) atoms. The highest BCUT2D eigenvalue weighted by Gasteiger charge is 2.39. The molecule has 1 aliphatic rings. The smallest absolute Gasteiger partial charge is 0.311 e. The summed E-state index contributed by atoms with van der Waals surface area (Å²) in [6.45, 7) is 4.50. The summed E-state index contributed by atoms with van der Waals surface area (Å²) in [6, 6.07) is 7.81. The Morgan fingerprint density at radius 3 is 2.75 bits per heavy atom. The number of hydrogen-bond acceptors (Lipinski definition) is 3. The zero-order chi connectivity index (χ0) is 17.3. The Balaban J connectivity index is 1.81. The van der Waals surface area contributed by atoms with Crippen LogP contribution in [0.3, 0.4) is 0 Å². The first-order valence-electron chi connectivity index (χ1n) is 8.04. The van der Waals surface area contributed by atoms with Crippen LogP contribution in [0.5, 0.6) is 0 Å². The first-order valence-corrected chi connectivity index (χ1v) is 8.04. The van der Waals surface area contributed by atoms with Crippen molar-refractivity contribution in [2.24, 2.45) is 5.41 Å². The molecule has 2 aromatic rings. The predicted molar refractivity (Wildman–Crippen MR) is 89.2 cm³/mol. The summed E-state index contributed by atoms with van der Waals surface area (Å²) in [5, 5.41) is 13.7. The van der Waals surface area contributed by atoms with Crippen molar-refractivity contribution in [2.45, 2.75) is 26.7 Å². The highest BCUT2D eigenvalue weighted by atomic mass is 16.4. The molecule has 2 heterocycles. The number of amides is 1. The van der Waals surface area contributed by atoms with Crippen LogP contribution in [0.2, 0.25) is 0 Å². The highest BCUT2D eigenvalue weighted by Crippen LogP contribution is 2.30. The molecular formula is C18H21N3O3. The first-order chi connectivity index (χ1) is 11.4. The Kier molecular flexibility index (Phi) is 4.13. The molecule has 6 nitrogen and oxygen atoms in total. The third-order valence-electron chi connectivity index (χ3n) is 4.69. The van der Waals surface area contributed by atoms with Crippen LogP contribution < -0.4 is 0 Å². The standard InChI is InChI=1S/C18H21N3O3/c1-13-6-3-4-7-15(13)21-11-14(10-19-21)16(22)20-9-5-8-18(2,12-20)17(23)24/h3-4,6-7,10-11H,5,8-9,12H2,1-2H3,(H,23,24). The molecule has 0 aliphatic carbocycles. The molecular weight excluding hydrogens is 306 g/mol. The lowest BCUT2D eigenvalue weighted by molar-refractivity contribution is -0.150. The number of aromatic nitrogens is 2. The minimum atomic E-state index is -0.875. The zero-order valence-corrected chi connectivity index (χ0v) is 13.9. The minimum Gasteiger partial charge on any atom is -0.481 e. The average molecular weight is 327 g/mol. The summed E-state index contributed by atoms with van der Waals surface area (Å²) in [5.74, 6) is -1.02. The fourth-order valence-corrected chi connectivity index (χ4v) is 3.16. The summed E-state index contributed by atoms with van der Waals surface area (Å²) in [7, 11) is 0. The molecule has 3 rings (SSSR count). The van der Waals surface area contributed by atoms with Gasteiger partial charge in [-0.05, 0) is 38.3 Å². The van der Waals surface area contributed by atoms with Crippen molar-refractivity contribution in [1.82, 2.24) is 14.7 Å². The molecule has 126 valence electrons. The summed E-state index contributed by atoms with van der Waals surface area (Å²) in [5.41, 5.74) is 1.59. The summed E-state index contributed by atoms with van der Waals surface area (Å²) in [4.78, 5) is 25.8. The van der Waals surface area contributed by atoms with E-state index in [-0.39, 0.29) is 12.5 Å². The largest absolute Gasteiger partial charge is 0.481 e. The van der Waals surface area contributed by atoms with Crippen LogP contribution in [0.15, 0.2) is 36.7 Å². The number of para-hydroxylation sites is 1. The summed E-state index contributed by atoms with van der Waals surface area (Å²) in [6.07, 6.45) is 4.54. The third-order valence-corrected chi connectivity index (χ3v) is 4.69. The van der Waals surface area contributed by atoms with E-state index in [0.717, 1.165) is 11.3 Å². The van der Waals surface area contributed by atoms with Crippen LogP contribution in [-0.2, 0) is 4.79 Å². The lowest BCUT2D eigenvalue weighted by atomic mass is 9.82. The van der Waals surface area contributed by atoms with Gasteiger partial charge in [-0.15, -0.1) is 0 Å². The summed E-state index contributed by atoms with van der Waals surface area (Å²) >= 11 is 0. The normalized spacial score (nSPS) is 20.8. The van der Waals surface area contributed by atoms with Gasteiger partial charge in [0.25, 0.3) is 5.91 Å². The van der Waals surface area contributed by atoms with E-state index in [1.54, 1.807) is 28.9 Å². The van der Waals surface area contributed by atoms with Gasteiger partial charge in [0, 0.05) is 19.3 Å². The van der Waals surface area contributed by atoms with Crippen LogP contribution >= 0.6 is 0 Å². The molecule has 1 aromatic heterocycles. The van der Waals surface area contributed by atoms with E-state index in [4.69, 9.17) is 0 Å². The first kappa shape index (κ1) is 16.2. The lowest BCUT2D eigenvalue weighted by Gasteiger charge is -2.37. The predicted octanol–water partition coefficient (Wildman–Crippen LogP) is 2.51. The maximum absolute atomic E-state index is 12.7. The maximum atomic E-state index is 12.7. The van der Waals surface area contributed by atoms with Gasteiger partial charge in [0.2, 0.25) is 0 Å². The van der Waals surface area contributed by atoms with Gasteiger partial charge < -0.3 is 10.0 Å². The number of nitrogens with zero attached hydrogens (tertiary/aromatic N) is 3. The number of piperidine rings is 1. The Morgan fingerprint density at radius 2 is 2.04 bits per heavy atom. The number of benzene rings is 1. The number of rotatable bonds is 3. The molecule has 1 atom stereocenters. The second-order valence-corrected chi connectivity index (χ2v) is 6.66. The van der Waals surface area contributed by atoms with Crippen LogP contribution in [0.1, 0.15) is 35.7 Å². The molecule has 1 aromatic carbocycles. The van der Waals surface area contributed by atoms with Crippen LogP contribution in [0.25, 0.3) is 5.69 Å². The molecule has 0 spiro atoms. The van der Waals surface area contributed by atoms with E-state index in [0.29, 0.717) is 24.9 Å². The number of carbonyl (C=O) groups is 2. The van der Waals surface area contributed by atoms with E-state index in [2.05, 4.69) is 5.10 Å². The minimum absolute atomic E-state index is 0.165. The topological polar surface area (TPSA) is 75.4 Å². The van der Waals surface area contributed by atoms with E-state index >= 15 is 0 Å². The number of carbonyl (C=O) groups excluding carboxylic acids is 1. The molecule has 1 N–H and O–H groups in total. The fraction of sp³-hybridized carbons (Fsp3) is 0.389. The van der Waals surface area contributed by atoms with Crippen LogP contribution in [0.4, 0.5) is 0 Å². The summed E-state index contributed by atoms with van der Waals surface area (Å²) < 4.78 is 1.68. The van der Waals surface area contributed by atoms with Gasteiger partial charge in [-0.2, -0.15) is 5.10 Å². The number of carboxylic acid groups (broad SMARTS) is 1. The van der Waals surface area contributed by atoms with E-state index in [1.165, 1.54) is 0 Å². The lowest BCUT2D eigenvalue weighted by Crippen LogP contribution is -2.48. The van der Waals surface area contributed by atoms with E-state index < -0.39 is 11.4 Å². The van der Waals surface area contributed by atoms with Crippen LogP contribution in [0, 0.1) is 12.3 Å². The average Bonchev–Trinajstić information content (AvgIpc) is 3.04. The van der Waals surface area contributed by atoms with Gasteiger partial charge in [0.05, 0.1) is 22.9 Å². The van der Waals surface area contributed by atoms with Crippen molar-refractivity contribution < 1.29 is 14.7 Å². The molecule has 1 fully saturated rings. The molecule has 0 saturated carbocycles. The number of hydrogen-bond donors (Lipinski definition) is 1. The van der Waals surface area contributed by atoms with Crippen molar-refractivity contribution in [2.75, 3.05) is 13.1 Å². The Hall–Kier alpha value is -2.63. The van der Waals surface area contributed by atoms with Crippen molar-refractivity contribution >= 4 is 11.9 Å². The SMILES string of the molecule is Cc1ccccc1-n1cc(C(=O)N2CCCC(C)(C(=O)O)C2)cn1. The van der Waals surface area contributed by atoms with Crippen molar-refractivity contribution in [1.29, 1.82) is 0 Å². The second kappa shape index (κ2) is 6.11. The maximum Gasteiger partial charge on any atom is 0.311 e. The number of carboxylic acids is 1. The van der Waals surface area contributed by atoms with E-state index in [1.807, 2.05) is 31.2 Å². The van der Waals surface area contributed by atoms with E-state index in [9.17, 15) is 14.7 Å². The monoisotopic (exact) mass is 327 g/mol. The highest BCUT2D eigenvalue weighted by molar-refractivity contribution is 5.94. The van der Waals surface area contributed by atoms with Gasteiger partial charge in [-0.25, -0.2) is 4.68 Å². The van der Waals surface area contributed by atoms with Crippen LogP contribution in [-0.4, -0.2) is 44.8 Å². The van der Waals surface area contributed by atoms with Gasteiger partial charge in [-0.3, -0.25) is 9.59 Å². The van der Waals surface area contributed by atoms with Gasteiger partial charge in [0.15, 0.2) is 0 Å². The molecule has 6 heteroatoms. The number of aryl methyl sites for hydroxylation is 1. The molecule has 1 unspecified atom stereocenters. The molecule has 1 amide bonds. The molecule has 0 bridgehead atoms. The molecule has 1 saturated heterocycles. The number of aliphatic carboxylic acids is 1.